The number of benzene rings is 6. The van der Waals surface area contributed by atoms with E-state index >= 15 is 0 Å². The van der Waals surface area contributed by atoms with Gasteiger partial charge in [-0.15, -0.1) is 0 Å². The molecule has 186 valence electrons. The van der Waals surface area contributed by atoms with Crippen molar-refractivity contribution in [1.82, 2.24) is 0 Å². The highest BCUT2D eigenvalue weighted by Crippen LogP contribution is 2.39. The van der Waals surface area contributed by atoms with Gasteiger partial charge in [0.25, 0.3) is 0 Å². The first-order valence-corrected chi connectivity index (χ1v) is 13.3. The molecule has 6 aromatic carbocycles. The summed E-state index contributed by atoms with van der Waals surface area (Å²) in [7, 11) is 0. The van der Waals surface area contributed by atoms with Crippen molar-refractivity contribution in [3.63, 3.8) is 0 Å². The Morgan fingerprint density at radius 1 is 0.410 bits per heavy atom. The van der Waals surface area contributed by atoms with Gasteiger partial charge in [0.05, 0.1) is 0 Å². The van der Waals surface area contributed by atoms with Gasteiger partial charge in [0, 0.05) is 27.8 Å². The maximum atomic E-state index is 6.12. The third-order valence-corrected chi connectivity index (χ3v) is 7.36. The van der Waals surface area contributed by atoms with Crippen LogP contribution in [0.15, 0.2) is 150 Å². The minimum absolute atomic E-state index is 0.897. The number of anilines is 3. The Morgan fingerprint density at radius 2 is 0.897 bits per heavy atom. The second-order valence-electron chi connectivity index (χ2n) is 9.94. The minimum atomic E-state index is 0.897. The van der Waals surface area contributed by atoms with Gasteiger partial charge >= 0.3 is 0 Å². The molecular weight excluding hydrogens is 474 g/mol. The highest BCUT2D eigenvalue weighted by Gasteiger charge is 2.16. The molecule has 2 nitrogen and oxygen atoms in total. The van der Waals surface area contributed by atoms with Gasteiger partial charge in [-0.05, 0) is 77.7 Å². The second-order valence-corrected chi connectivity index (χ2v) is 9.94. The van der Waals surface area contributed by atoms with Gasteiger partial charge in [0.2, 0.25) is 0 Å². The number of furan rings is 1. The molecule has 0 atom stereocenters. The number of rotatable bonds is 5. The SMILES string of the molecule is Cc1ccc(-c2ccc(N(c3ccc(-c4ccccc4)cc3)c3ccc4oc5ccccc5c4c3)cc2)cc1. The Bertz CT molecular complexity index is 1880. The number of hydrogen-bond donors (Lipinski definition) is 0. The topological polar surface area (TPSA) is 16.4 Å². The fraction of sp³-hybridized carbons (Fsp3) is 0.0270. The summed E-state index contributed by atoms with van der Waals surface area (Å²) in [5.41, 5.74) is 11.2. The Labute approximate surface area is 228 Å². The van der Waals surface area contributed by atoms with Crippen molar-refractivity contribution in [2.75, 3.05) is 4.90 Å². The molecule has 0 saturated heterocycles. The summed E-state index contributed by atoms with van der Waals surface area (Å²) >= 11 is 0. The molecule has 0 amide bonds. The number of fused-ring (bicyclic) bond motifs is 3. The van der Waals surface area contributed by atoms with E-state index < -0.39 is 0 Å². The van der Waals surface area contributed by atoms with Gasteiger partial charge in [0.15, 0.2) is 0 Å². The third kappa shape index (κ3) is 4.36. The first-order chi connectivity index (χ1) is 19.2. The molecule has 0 unspecified atom stereocenters. The molecule has 2 heteroatoms. The molecule has 0 fully saturated rings. The average molecular weight is 502 g/mol. The second kappa shape index (κ2) is 9.66. The first kappa shape index (κ1) is 23.1. The Morgan fingerprint density at radius 3 is 1.54 bits per heavy atom. The van der Waals surface area contributed by atoms with Crippen molar-refractivity contribution in [2.45, 2.75) is 6.92 Å². The molecule has 0 aliphatic rings. The molecule has 0 bridgehead atoms. The largest absolute Gasteiger partial charge is 0.456 e. The minimum Gasteiger partial charge on any atom is -0.456 e. The third-order valence-electron chi connectivity index (χ3n) is 7.36. The van der Waals surface area contributed by atoms with Crippen LogP contribution in [0.4, 0.5) is 17.1 Å². The number of aryl methyl sites for hydroxylation is 1. The summed E-state index contributed by atoms with van der Waals surface area (Å²) in [6, 6.07) is 51.5. The Balaban J connectivity index is 1.34. The van der Waals surface area contributed by atoms with Crippen molar-refractivity contribution >= 4 is 39.0 Å². The van der Waals surface area contributed by atoms with E-state index in [2.05, 4.69) is 145 Å². The fourth-order valence-corrected chi connectivity index (χ4v) is 5.28. The van der Waals surface area contributed by atoms with Crippen LogP contribution in [0, 0.1) is 6.92 Å². The first-order valence-electron chi connectivity index (χ1n) is 13.3. The van der Waals surface area contributed by atoms with Crippen molar-refractivity contribution in [2.24, 2.45) is 0 Å². The van der Waals surface area contributed by atoms with Gasteiger partial charge < -0.3 is 9.32 Å². The molecule has 0 aliphatic heterocycles. The van der Waals surface area contributed by atoms with E-state index in [1.165, 1.54) is 27.8 Å². The normalized spacial score (nSPS) is 11.2. The van der Waals surface area contributed by atoms with E-state index in [4.69, 9.17) is 4.42 Å². The molecule has 1 heterocycles. The van der Waals surface area contributed by atoms with Crippen LogP contribution in [0.25, 0.3) is 44.2 Å². The molecule has 7 aromatic rings. The molecule has 1 aromatic heterocycles. The molecule has 0 spiro atoms. The zero-order valence-corrected chi connectivity index (χ0v) is 21.7. The van der Waals surface area contributed by atoms with Gasteiger partial charge in [-0.1, -0.05) is 103 Å². The van der Waals surface area contributed by atoms with Gasteiger partial charge in [-0.3, -0.25) is 0 Å². The van der Waals surface area contributed by atoms with Crippen LogP contribution in [0.2, 0.25) is 0 Å². The summed E-state index contributed by atoms with van der Waals surface area (Å²) < 4.78 is 6.12. The lowest BCUT2D eigenvalue weighted by atomic mass is 10.0. The summed E-state index contributed by atoms with van der Waals surface area (Å²) in [6.07, 6.45) is 0. The zero-order chi connectivity index (χ0) is 26.2. The van der Waals surface area contributed by atoms with Gasteiger partial charge in [-0.25, -0.2) is 0 Å². The van der Waals surface area contributed by atoms with Crippen LogP contribution in [-0.2, 0) is 0 Å². The highest BCUT2D eigenvalue weighted by atomic mass is 16.3. The van der Waals surface area contributed by atoms with Crippen LogP contribution >= 0.6 is 0 Å². The smallest absolute Gasteiger partial charge is 0.135 e. The van der Waals surface area contributed by atoms with Crippen molar-refractivity contribution in [3.8, 4) is 22.3 Å². The van der Waals surface area contributed by atoms with E-state index in [1.54, 1.807) is 0 Å². The standard InChI is InChI=1S/C37H27NO/c1-26-11-13-28(14-12-26)30-17-21-32(22-18-30)38(31-19-15-29(16-20-31)27-7-3-2-4-8-27)33-23-24-37-35(25-33)34-9-5-6-10-36(34)39-37/h2-25H,1H3. The van der Waals surface area contributed by atoms with Crippen LogP contribution in [-0.4, -0.2) is 0 Å². The average Bonchev–Trinajstić information content (AvgIpc) is 3.37. The van der Waals surface area contributed by atoms with Crippen LogP contribution < -0.4 is 4.90 Å². The number of nitrogens with zero attached hydrogens (tertiary/aromatic N) is 1. The zero-order valence-electron chi connectivity index (χ0n) is 21.7. The maximum Gasteiger partial charge on any atom is 0.135 e. The van der Waals surface area contributed by atoms with E-state index in [1.807, 2.05) is 12.1 Å². The highest BCUT2D eigenvalue weighted by molar-refractivity contribution is 6.06. The monoisotopic (exact) mass is 501 g/mol. The van der Waals surface area contributed by atoms with E-state index in [0.29, 0.717) is 0 Å². The molecule has 39 heavy (non-hydrogen) atoms. The van der Waals surface area contributed by atoms with E-state index in [-0.39, 0.29) is 0 Å². The molecule has 0 saturated carbocycles. The molecule has 0 radical (unpaired) electrons. The lowest BCUT2D eigenvalue weighted by molar-refractivity contribution is 0.669. The summed E-state index contributed by atoms with van der Waals surface area (Å²) in [5, 5.41) is 2.24. The van der Waals surface area contributed by atoms with Crippen LogP contribution in [0.1, 0.15) is 5.56 Å². The summed E-state index contributed by atoms with van der Waals surface area (Å²) in [6.45, 7) is 2.12. The van der Waals surface area contributed by atoms with Crippen molar-refractivity contribution in [3.05, 3.63) is 151 Å². The maximum absolute atomic E-state index is 6.12. The summed E-state index contributed by atoms with van der Waals surface area (Å²) in [5.74, 6) is 0. The van der Waals surface area contributed by atoms with Crippen LogP contribution in [0.3, 0.4) is 0 Å². The molecule has 0 N–H and O–H groups in total. The van der Waals surface area contributed by atoms with Crippen LogP contribution in [0.5, 0.6) is 0 Å². The lowest BCUT2D eigenvalue weighted by Gasteiger charge is -2.26. The molecular formula is C37H27NO. The van der Waals surface area contributed by atoms with E-state index in [0.717, 1.165) is 39.0 Å². The number of para-hydroxylation sites is 1. The quantitative estimate of drug-likeness (QED) is 0.233. The predicted molar refractivity (Wildman–Crippen MR) is 164 cm³/mol. The Kier molecular flexibility index (Phi) is 5.71. The lowest BCUT2D eigenvalue weighted by Crippen LogP contribution is -2.09. The van der Waals surface area contributed by atoms with Gasteiger partial charge in [0.1, 0.15) is 11.2 Å². The molecule has 0 aliphatic carbocycles. The molecule has 7 rings (SSSR count). The number of hydrogen-bond acceptors (Lipinski definition) is 2. The van der Waals surface area contributed by atoms with Crippen molar-refractivity contribution in [1.29, 1.82) is 0 Å². The van der Waals surface area contributed by atoms with Gasteiger partial charge in [-0.2, -0.15) is 0 Å². The van der Waals surface area contributed by atoms with Crippen molar-refractivity contribution < 1.29 is 4.42 Å². The van der Waals surface area contributed by atoms with E-state index in [9.17, 15) is 0 Å². The Hall–Kier alpha value is -5.08. The predicted octanol–water partition coefficient (Wildman–Crippen LogP) is 10.7. The summed E-state index contributed by atoms with van der Waals surface area (Å²) in [4.78, 5) is 2.31. The fourth-order valence-electron chi connectivity index (χ4n) is 5.28.